The zero-order chi connectivity index (χ0) is 11.7. The Morgan fingerprint density at radius 3 is 2.75 bits per heavy atom. The van der Waals surface area contributed by atoms with Crippen LogP contribution in [0, 0.1) is 12.8 Å². The molecule has 1 unspecified atom stereocenters. The van der Waals surface area contributed by atoms with Crippen molar-refractivity contribution in [3.05, 3.63) is 33.8 Å². The molecular weight excluding hydrogens is 268 g/mol. The van der Waals surface area contributed by atoms with E-state index in [4.69, 9.17) is 5.11 Å². The predicted molar refractivity (Wildman–Crippen MR) is 66.6 cm³/mol. The van der Waals surface area contributed by atoms with Crippen molar-refractivity contribution in [1.29, 1.82) is 0 Å². The molecule has 3 heteroatoms. The van der Waals surface area contributed by atoms with Gasteiger partial charge in [-0.2, -0.15) is 0 Å². The van der Waals surface area contributed by atoms with Crippen LogP contribution < -0.4 is 0 Å². The molecule has 1 fully saturated rings. The van der Waals surface area contributed by atoms with E-state index in [2.05, 4.69) is 35.0 Å². The van der Waals surface area contributed by atoms with Crippen LogP contribution in [-0.4, -0.2) is 11.1 Å². The van der Waals surface area contributed by atoms with Gasteiger partial charge in [0.2, 0.25) is 0 Å². The van der Waals surface area contributed by atoms with Crippen LogP contribution in [0.15, 0.2) is 22.7 Å². The summed E-state index contributed by atoms with van der Waals surface area (Å²) in [6.07, 6.45) is 2.61. The number of aliphatic carboxylic acids is 1. The molecule has 1 aromatic rings. The Morgan fingerprint density at radius 2 is 2.25 bits per heavy atom. The molecule has 0 radical (unpaired) electrons. The molecule has 0 aromatic heterocycles. The number of hydrogen-bond donors (Lipinski definition) is 1. The highest BCUT2D eigenvalue weighted by Crippen LogP contribution is 2.45. The standard InChI is InChI=1S/C13H15BrO2/c1-8-6-10(14)4-5-11(8)12(7-13(15)16)9-2-3-9/h4-6,9,12H,2-3,7H2,1H3,(H,15,16). The average molecular weight is 283 g/mol. The third kappa shape index (κ3) is 2.64. The first-order valence-electron chi connectivity index (χ1n) is 5.56. The highest BCUT2D eigenvalue weighted by molar-refractivity contribution is 9.10. The van der Waals surface area contributed by atoms with E-state index in [0.717, 1.165) is 4.47 Å². The molecule has 1 atom stereocenters. The maximum Gasteiger partial charge on any atom is 0.303 e. The van der Waals surface area contributed by atoms with Crippen LogP contribution >= 0.6 is 15.9 Å². The van der Waals surface area contributed by atoms with Crippen molar-refractivity contribution in [1.82, 2.24) is 0 Å². The molecule has 1 saturated carbocycles. The van der Waals surface area contributed by atoms with Gasteiger partial charge in [-0.25, -0.2) is 0 Å². The topological polar surface area (TPSA) is 37.3 Å². The molecule has 1 aliphatic rings. The van der Waals surface area contributed by atoms with E-state index in [-0.39, 0.29) is 12.3 Å². The fourth-order valence-electron chi connectivity index (χ4n) is 2.27. The summed E-state index contributed by atoms with van der Waals surface area (Å²) in [6.45, 7) is 2.05. The van der Waals surface area contributed by atoms with Crippen LogP contribution in [0.4, 0.5) is 0 Å². The Morgan fingerprint density at radius 1 is 1.56 bits per heavy atom. The first kappa shape index (κ1) is 11.6. The third-order valence-electron chi connectivity index (χ3n) is 3.22. The maximum absolute atomic E-state index is 10.9. The van der Waals surface area contributed by atoms with Crippen LogP contribution in [-0.2, 0) is 4.79 Å². The van der Waals surface area contributed by atoms with Gasteiger partial charge in [-0.3, -0.25) is 4.79 Å². The van der Waals surface area contributed by atoms with Crippen molar-refractivity contribution in [3.8, 4) is 0 Å². The Balaban J connectivity index is 2.27. The van der Waals surface area contributed by atoms with Gasteiger partial charge in [0.05, 0.1) is 6.42 Å². The molecule has 2 nitrogen and oxygen atoms in total. The number of rotatable bonds is 4. The van der Waals surface area contributed by atoms with E-state index in [1.165, 1.54) is 24.0 Å². The molecule has 2 rings (SSSR count). The van der Waals surface area contributed by atoms with Crippen molar-refractivity contribution < 1.29 is 9.90 Å². The van der Waals surface area contributed by atoms with Crippen molar-refractivity contribution >= 4 is 21.9 Å². The van der Waals surface area contributed by atoms with Crippen LogP contribution in [0.3, 0.4) is 0 Å². The molecular formula is C13H15BrO2. The summed E-state index contributed by atoms with van der Waals surface area (Å²) in [5, 5.41) is 8.96. The van der Waals surface area contributed by atoms with Crippen LogP contribution in [0.1, 0.15) is 36.3 Å². The van der Waals surface area contributed by atoms with E-state index >= 15 is 0 Å². The second kappa shape index (κ2) is 4.58. The molecule has 1 N–H and O–H groups in total. The van der Waals surface area contributed by atoms with E-state index < -0.39 is 5.97 Å². The summed E-state index contributed by atoms with van der Waals surface area (Å²) < 4.78 is 1.05. The van der Waals surface area contributed by atoms with E-state index in [1.807, 2.05) is 6.07 Å². The summed E-state index contributed by atoms with van der Waals surface area (Å²) >= 11 is 3.43. The number of carboxylic acids is 1. The third-order valence-corrected chi connectivity index (χ3v) is 3.71. The molecule has 0 heterocycles. The van der Waals surface area contributed by atoms with Gasteiger partial charge in [-0.05, 0) is 54.9 Å². The lowest BCUT2D eigenvalue weighted by molar-refractivity contribution is -0.137. The SMILES string of the molecule is Cc1cc(Br)ccc1C(CC(=O)O)C1CC1. The molecule has 0 amide bonds. The zero-order valence-corrected chi connectivity index (χ0v) is 10.8. The number of carboxylic acid groups (broad SMARTS) is 1. The van der Waals surface area contributed by atoms with Gasteiger partial charge in [-0.1, -0.05) is 22.0 Å². The van der Waals surface area contributed by atoms with Gasteiger partial charge >= 0.3 is 5.97 Å². The predicted octanol–water partition coefficient (Wildman–Crippen LogP) is 3.73. The summed E-state index contributed by atoms with van der Waals surface area (Å²) in [5.74, 6) is 0.0841. The highest BCUT2D eigenvalue weighted by atomic mass is 79.9. The molecule has 0 aliphatic heterocycles. The van der Waals surface area contributed by atoms with E-state index in [1.54, 1.807) is 0 Å². The monoisotopic (exact) mass is 282 g/mol. The van der Waals surface area contributed by atoms with E-state index in [0.29, 0.717) is 5.92 Å². The lowest BCUT2D eigenvalue weighted by Gasteiger charge is -2.17. The lowest BCUT2D eigenvalue weighted by atomic mass is 9.88. The van der Waals surface area contributed by atoms with Gasteiger partial charge in [0, 0.05) is 4.47 Å². The van der Waals surface area contributed by atoms with Gasteiger partial charge < -0.3 is 5.11 Å². The Labute approximate surface area is 104 Å². The molecule has 1 aliphatic carbocycles. The number of benzene rings is 1. The van der Waals surface area contributed by atoms with Gasteiger partial charge in [0.25, 0.3) is 0 Å². The summed E-state index contributed by atoms with van der Waals surface area (Å²) in [6, 6.07) is 6.12. The molecule has 1 aromatic carbocycles. The van der Waals surface area contributed by atoms with Gasteiger partial charge in [-0.15, -0.1) is 0 Å². The minimum absolute atomic E-state index is 0.200. The summed E-state index contributed by atoms with van der Waals surface area (Å²) in [5.41, 5.74) is 2.39. The maximum atomic E-state index is 10.9. The molecule has 16 heavy (non-hydrogen) atoms. The summed E-state index contributed by atoms with van der Waals surface area (Å²) in [4.78, 5) is 10.9. The first-order chi connectivity index (χ1) is 7.58. The minimum Gasteiger partial charge on any atom is -0.481 e. The van der Waals surface area contributed by atoms with Crippen molar-refractivity contribution in [2.24, 2.45) is 5.92 Å². The molecule has 0 bridgehead atoms. The van der Waals surface area contributed by atoms with Crippen molar-refractivity contribution in [2.45, 2.75) is 32.1 Å². The first-order valence-corrected chi connectivity index (χ1v) is 6.35. The quantitative estimate of drug-likeness (QED) is 0.914. The Hall–Kier alpha value is -0.830. The highest BCUT2D eigenvalue weighted by Gasteiger charge is 2.34. The second-order valence-electron chi connectivity index (χ2n) is 4.54. The molecule has 86 valence electrons. The van der Waals surface area contributed by atoms with Gasteiger partial charge in [0.15, 0.2) is 0 Å². The van der Waals surface area contributed by atoms with E-state index in [9.17, 15) is 4.79 Å². The fraction of sp³-hybridized carbons (Fsp3) is 0.462. The van der Waals surface area contributed by atoms with Crippen molar-refractivity contribution in [2.75, 3.05) is 0 Å². The Kier molecular flexibility index (Phi) is 3.33. The number of hydrogen-bond acceptors (Lipinski definition) is 1. The number of halogens is 1. The Bertz CT molecular complexity index is 410. The second-order valence-corrected chi connectivity index (χ2v) is 5.46. The fourth-order valence-corrected chi connectivity index (χ4v) is 2.75. The molecule has 0 saturated heterocycles. The van der Waals surface area contributed by atoms with Crippen LogP contribution in [0.25, 0.3) is 0 Å². The van der Waals surface area contributed by atoms with Gasteiger partial charge in [0.1, 0.15) is 0 Å². The smallest absolute Gasteiger partial charge is 0.303 e. The molecule has 0 spiro atoms. The number of carbonyl (C=O) groups is 1. The minimum atomic E-state index is -0.695. The average Bonchev–Trinajstić information content (AvgIpc) is 2.97. The largest absolute Gasteiger partial charge is 0.481 e. The normalized spacial score (nSPS) is 17.1. The zero-order valence-electron chi connectivity index (χ0n) is 9.24. The van der Waals surface area contributed by atoms with Crippen LogP contribution in [0.5, 0.6) is 0 Å². The summed E-state index contributed by atoms with van der Waals surface area (Å²) in [7, 11) is 0. The van der Waals surface area contributed by atoms with Crippen molar-refractivity contribution in [3.63, 3.8) is 0 Å². The lowest BCUT2D eigenvalue weighted by Crippen LogP contribution is -2.09. The van der Waals surface area contributed by atoms with Crippen LogP contribution in [0.2, 0.25) is 0 Å². The number of aryl methyl sites for hydroxylation is 1.